The molecule has 2 rings (SSSR count). The Balaban J connectivity index is 2.05. The minimum absolute atomic E-state index is 0.261. The van der Waals surface area contributed by atoms with Gasteiger partial charge in [-0.2, -0.15) is 0 Å². The van der Waals surface area contributed by atoms with Crippen molar-refractivity contribution in [2.75, 3.05) is 6.61 Å². The Hall–Kier alpha value is -1.29. The summed E-state index contributed by atoms with van der Waals surface area (Å²) < 4.78 is 6.53. The van der Waals surface area contributed by atoms with E-state index in [1.807, 2.05) is 24.3 Å². The average molecular weight is 386 g/mol. The molecule has 0 unspecified atom stereocenters. The van der Waals surface area contributed by atoms with Gasteiger partial charge in [-0.3, -0.25) is 4.79 Å². The van der Waals surface area contributed by atoms with Gasteiger partial charge in [0.05, 0.1) is 5.56 Å². The van der Waals surface area contributed by atoms with Crippen LogP contribution in [0.2, 0.25) is 5.02 Å². The van der Waals surface area contributed by atoms with Crippen molar-refractivity contribution in [1.29, 1.82) is 0 Å². The van der Waals surface area contributed by atoms with E-state index in [0.29, 0.717) is 27.7 Å². The third kappa shape index (κ3) is 4.60. The molecule has 0 saturated heterocycles. The van der Waals surface area contributed by atoms with Gasteiger partial charge in [-0.1, -0.05) is 51.3 Å². The highest BCUT2D eigenvalue weighted by molar-refractivity contribution is 9.10. The van der Waals surface area contributed by atoms with Gasteiger partial charge < -0.3 is 4.74 Å². The molecule has 5 heteroatoms. The number of ether oxygens (including phenoxy) is 1. The normalized spacial score (nSPS) is 11.3. The van der Waals surface area contributed by atoms with E-state index < -0.39 is 0 Å². The summed E-state index contributed by atoms with van der Waals surface area (Å²) in [6, 6.07) is 12.5. The summed E-state index contributed by atoms with van der Waals surface area (Å²) in [7, 11) is 0. The van der Waals surface area contributed by atoms with Crippen molar-refractivity contribution in [3.8, 4) is 5.75 Å². The molecule has 0 amide bonds. The molecule has 0 aliphatic rings. The number of hydrogen-bond acceptors (Lipinski definition) is 2. The molecule has 2 aromatic rings. The number of benzene rings is 2. The predicted molar refractivity (Wildman–Crippen MR) is 90.3 cm³/mol. The molecule has 0 aromatic heterocycles. The van der Waals surface area contributed by atoms with E-state index in [9.17, 15) is 4.79 Å². The zero-order valence-corrected chi connectivity index (χ0v) is 14.0. The molecular formula is C16H11BrCl2O2. The van der Waals surface area contributed by atoms with Crippen molar-refractivity contribution in [2.45, 2.75) is 0 Å². The van der Waals surface area contributed by atoms with E-state index in [4.69, 9.17) is 27.9 Å². The van der Waals surface area contributed by atoms with Crippen LogP contribution in [0.3, 0.4) is 0 Å². The van der Waals surface area contributed by atoms with Crippen LogP contribution in [-0.2, 0) is 0 Å². The molecule has 2 nitrogen and oxygen atoms in total. The van der Waals surface area contributed by atoms with Crippen molar-refractivity contribution < 1.29 is 9.53 Å². The molecule has 21 heavy (non-hydrogen) atoms. The van der Waals surface area contributed by atoms with Gasteiger partial charge in [0.25, 0.3) is 0 Å². The standard InChI is InChI=1S/C16H11BrCl2O2/c17-13-3-1-11(2-4-13)15(19)7-8-21-16-6-5-14(18)9-12(16)10-20/h1-7,9-10H,8H2/b15-7-. The van der Waals surface area contributed by atoms with E-state index >= 15 is 0 Å². The first-order valence-corrected chi connectivity index (χ1v) is 7.64. The van der Waals surface area contributed by atoms with E-state index in [-0.39, 0.29) is 6.61 Å². The van der Waals surface area contributed by atoms with Crippen molar-refractivity contribution >= 4 is 50.5 Å². The molecule has 0 spiro atoms. The van der Waals surface area contributed by atoms with Crippen LogP contribution < -0.4 is 4.74 Å². The highest BCUT2D eigenvalue weighted by Gasteiger charge is 2.04. The van der Waals surface area contributed by atoms with E-state index in [0.717, 1.165) is 10.0 Å². The van der Waals surface area contributed by atoms with Gasteiger partial charge in [0.15, 0.2) is 6.29 Å². The quantitative estimate of drug-likeness (QED) is 0.628. The number of rotatable bonds is 5. The Morgan fingerprint density at radius 2 is 1.90 bits per heavy atom. The topological polar surface area (TPSA) is 26.3 Å². The highest BCUT2D eigenvalue weighted by Crippen LogP contribution is 2.23. The molecule has 0 aliphatic carbocycles. The predicted octanol–water partition coefficient (Wildman–Crippen LogP) is 5.57. The molecule has 0 bridgehead atoms. The lowest BCUT2D eigenvalue weighted by atomic mass is 10.2. The maximum atomic E-state index is 10.9. The number of halogens is 3. The molecule has 0 fully saturated rings. The fourth-order valence-electron chi connectivity index (χ4n) is 1.67. The van der Waals surface area contributed by atoms with Crippen LogP contribution in [-0.4, -0.2) is 12.9 Å². The van der Waals surface area contributed by atoms with Crippen molar-refractivity contribution in [3.63, 3.8) is 0 Å². The zero-order valence-electron chi connectivity index (χ0n) is 10.9. The van der Waals surface area contributed by atoms with Crippen LogP contribution in [0, 0.1) is 0 Å². The molecule has 0 N–H and O–H groups in total. The van der Waals surface area contributed by atoms with Gasteiger partial charge in [0.2, 0.25) is 0 Å². The Labute approximate surface area is 141 Å². The molecule has 0 radical (unpaired) electrons. The summed E-state index contributed by atoms with van der Waals surface area (Å²) in [6.45, 7) is 0.261. The number of carbonyl (C=O) groups excluding carboxylic acids is 1. The van der Waals surface area contributed by atoms with Crippen molar-refractivity contribution in [2.24, 2.45) is 0 Å². The lowest BCUT2D eigenvalue weighted by Crippen LogP contribution is -1.97. The maximum absolute atomic E-state index is 10.9. The first-order chi connectivity index (χ1) is 10.1. The largest absolute Gasteiger partial charge is 0.489 e. The molecule has 2 aromatic carbocycles. The average Bonchev–Trinajstić information content (AvgIpc) is 2.49. The summed E-state index contributed by atoms with van der Waals surface area (Å²) in [6.07, 6.45) is 2.45. The fraction of sp³-hybridized carbons (Fsp3) is 0.0625. The zero-order chi connectivity index (χ0) is 15.2. The first kappa shape index (κ1) is 16.1. The monoisotopic (exact) mass is 384 g/mol. The molecule has 108 valence electrons. The molecule has 0 aliphatic heterocycles. The SMILES string of the molecule is O=Cc1cc(Cl)ccc1OC/C=C(\Cl)c1ccc(Br)cc1. The molecule has 0 atom stereocenters. The summed E-state index contributed by atoms with van der Waals surface area (Å²) >= 11 is 15.4. The lowest BCUT2D eigenvalue weighted by Gasteiger charge is -2.07. The minimum Gasteiger partial charge on any atom is -0.489 e. The Bertz CT molecular complexity index is 666. The third-order valence-corrected chi connectivity index (χ3v) is 3.86. The van der Waals surface area contributed by atoms with Crippen LogP contribution in [0.15, 0.2) is 53.0 Å². The minimum atomic E-state index is 0.261. The fourth-order valence-corrected chi connectivity index (χ4v) is 2.31. The van der Waals surface area contributed by atoms with Gasteiger partial charge in [-0.25, -0.2) is 0 Å². The second-order valence-corrected chi connectivity index (χ2v) is 5.93. The third-order valence-electron chi connectivity index (χ3n) is 2.72. The summed E-state index contributed by atoms with van der Waals surface area (Å²) in [5.41, 5.74) is 1.31. The van der Waals surface area contributed by atoms with Gasteiger partial charge >= 0.3 is 0 Å². The highest BCUT2D eigenvalue weighted by atomic mass is 79.9. The van der Waals surface area contributed by atoms with Crippen LogP contribution in [0.25, 0.3) is 5.03 Å². The summed E-state index contributed by atoms with van der Waals surface area (Å²) in [5, 5.41) is 1.08. The Morgan fingerprint density at radius 3 is 2.57 bits per heavy atom. The molecule has 0 saturated carbocycles. The summed E-state index contributed by atoms with van der Waals surface area (Å²) in [4.78, 5) is 10.9. The van der Waals surface area contributed by atoms with Gasteiger partial charge in [-0.15, -0.1) is 0 Å². The number of hydrogen-bond donors (Lipinski definition) is 0. The first-order valence-electron chi connectivity index (χ1n) is 6.09. The van der Waals surface area contributed by atoms with Crippen molar-refractivity contribution in [3.05, 3.63) is 69.2 Å². The van der Waals surface area contributed by atoms with E-state index in [1.165, 1.54) is 0 Å². The van der Waals surface area contributed by atoms with E-state index in [1.54, 1.807) is 24.3 Å². The van der Waals surface area contributed by atoms with Crippen LogP contribution in [0.1, 0.15) is 15.9 Å². The van der Waals surface area contributed by atoms with Crippen LogP contribution >= 0.6 is 39.1 Å². The lowest BCUT2D eigenvalue weighted by molar-refractivity contribution is 0.112. The Kier molecular flexibility index (Phi) is 5.85. The van der Waals surface area contributed by atoms with Gasteiger partial charge in [-0.05, 0) is 42.0 Å². The van der Waals surface area contributed by atoms with Crippen LogP contribution in [0.4, 0.5) is 0 Å². The van der Waals surface area contributed by atoms with Crippen molar-refractivity contribution in [1.82, 2.24) is 0 Å². The molecule has 0 heterocycles. The molecular weight excluding hydrogens is 375 g/mol. The van der Waals surface area contributed by atoms with E-state index in [2.05, 4.69) is 15.9 Å². The Morgan fingerprint density at radius 1 is 1.19 bits per heavy atom. The smallest absolute Gasteiger partial charge is 0.153 e. The van der Waals surface area contributed by atoms with Gasteiger partial charge in [0.1, 0.15) is 12.4 Å². The second kappa shape index (κ2) is 7.64. The maximum Gasteiger partial charge on any atom is 0.153 e. The van der Waals surface area contributed by atoms with Crippen LogP contribution in [0.5, 0.6) is 5.75 Å². The van der Waals surface area contributed by atoms with Gasteiger partial charge in [0, 0.05) is 14.5 Å². The number of aldehydes is 1. The number of carbonyl (C=O) groups is 1. The second-order valence-electron chi connectivity index (χ2n) is 4.17. The summed E-state index contributed by atoms with van der Waals surface area (Å²) in [5.74, 6) is 0.478.